The smallest absolute Gasteiger partial charge is 0.341 e. The van der Waals surface area contributed by atoms with Gasteiger partial charge in [-0.2, -0.15) is 0 Å². The largest absolute Gasteiger partial charge is 0.492 e. The highest BCUT2D eigenvalue weighted by atomic mass is 19.1. The first-order valence-corrected chi connectivity index (χ1v) is 14.1. The van der Waals surface area contributed by atoms with Crippen LogP contribution in [0.4, 0.5) is 10.1 Å². The molecule has 0 atom stereocenters. The van der Waals surface area contributed by atoms with E-state index in [0.29, 0.717) is 12.1 Å². The van der Waals surface area contributed by atoms with Gasteiger partial charge >= 0.3 is 5.97 Å². The van der Waals surface area contributed by atoms with E-state index in [1.54, 1.807) is 4.57 Å². The van der Waals surface area contributed by atoms with E-state index in [0.717, 1.165) is 38.4 Å². The molecule has 0 saturated heterocycles. The highest BCUT2D eigenvalue weighted by Crippen LogP contribution is 2.42. The zero-order valence-electron chi connectivity index (χ0n) is 22.5. The van der Waals surface area contributed by atoms with E-state index < -0.39 is 17.2 Å². The number of methoxy groups -OCH3 is 1. The van der Waals surface area contributed by atoms with Crippen LogP contribution in [0.15, 0.2) is 17.1 Å². The molecule has 0 bridgehead atoms. The molecule has 1 aliphatic rings. The number of aromatic carboxylic acids is 1. The maximum Gasteiger partial charge on any atom is 0.341 e. The fraction of sp³-hybridized carbons (Fsp3) is 0.655. The predicted octanol–water partition coefficient (Wildman–Crippen LogP) is 6.49. The fourth-order valence-electron chi connectivity index (χ4n) is 4.90. The summed E-state index contributed by atoms with van der Waals surface area (Å²) in [5, 5.41) is 16.1. The summed E-state index contributed by atoms with van der Waals surface area (Å²) in [7, 11) is 1.44. The normalized spacial score (nSPS) is 13.3. The zero-order valence-corrected chi connectivity index (χ0v) is 22.5. The molecule has 206 valence electrons. The Hall–Kier alpha value is -2.61. The van der Waals surface area contributed by atoms with Crippen molar-refractivity contribution in [2.45, 2.75) is 96.4 Å². The molecule has 1 saturated carbocycles. The Morgan fingerprint density at radius 2 is 1.65 bits per heavy atom. The van der Waals surface area contributed by atoms with Gasteiger partial charge in [0.15, 0.2) is 11.6 Å². The topological polar surface area (TPSA) is 92.6 Å². The van der Waals surface area contributed by atoms with Gasteiger partial charge in [0.25, 0.3) is 0 Å². The molecule has 1 fully saturated rings. The van der Waals surface area contributed by atoms with Gasteiger partial charge in [0.05, 0.1) is 18.0 Å². The summed E-state index contributed by atoms with van der Waals surface area (Å²) in [6, 6.07) is 1.22. The number of carboxylic acids is 1. The highest BCUT2D eigenvalue weighted by Gasteiger charge is 2.30. The van der Waals surface area contributed by atoms with E-state index in [4.69, 9.17) is 4.74 Å². The van der Waals surface area contributed by atoms with Crippen molar-refractivity contribution in [3.8, 4) is 5.75 Å². The summed E-state index contributed by atoms with van der Waals surface area (Å²) >= 11 is 0. The van der Waals surface area contributed by atoms with Crippen LogP contribution in [-0.4, -0.2) is 42.4 Å². The molecule has 1 aromatic heterocycles. The number of nitrogens with zero attached hydrogens (tertiary/aromatic N) is 1. The number of pyridine rings is 1. The molecular weight excluding hydrogens is 473 g/mol. The van der Waals surface area contributed by atoms with Crippen molar-refractivity contribution in [1.29, 1.82) is 0 Å². The van der Waals surface area contributed by atoms with Crippen molar-refractivity contribution in [1.82, 2.24) is 9.88 Å². The third-order valence-corrected chi connectivity index (χ3v) is 7.14. The van der Waals surface area contributed by atoms with Gasteiger partial charge in [-0.25, -0.2) is 9.18 Å². The van der Waals surface area contributed by atoms with Crippen molar-refractivity contribution < 1.29 is 19.0 Å². The van der Waals surface area contributed by atoms with E-state index in [9.17, 15) is 14.7 Å². The molecule has 0 radical (unpaired) electrons. The number of nitrogens with one attached hydrogen (secondary N) is 2. The third-order valence-electron chi connectivity index (χ3n) is 7.14. The Bertz CT molecular complexity index is 1080. The molecule has 8 heteroatoms. The monoisotopic (exact) mass is 517 g/mol. The second-order valence-electron chi connectivity index (χ2n) is 10.2. The Balaban J connectivity index is 1.46. The number of carboxylic acid groups (broad SMARTS) is 1. The molecule has 3 rings (SSSR count). The molecule has 1 aliphatic carbocycles. The lowest BCUT2D eigenvalue weighted by Gasteiger charge is -2.19. The standard InChI is InChI=1S/C29H44FN3O4/c1-3-4-5-6-7-8-9-10-11-12-16-31-17-13-18-32-25-24(30)19-22-26(28(25)37-2)33(21-14-15-21)20-23(27(22)34)29(35)36/h19-21,31-32H,3-18H2,1-2H3,(H,35,36). The van der Waals surface area contributed by atoms with Gasteiger partial charge in [-0.3, -0.25) is 4.79 Å². The summed E-state index contributed by atoms with van der Waals surface area (Å²) in [6.45, 7) is 4.62. The summed E-state index contributed by atoms with van der Waals surface area (Å²) in [5.41, 5.74) is -0.390. The number of ether oxygens (including phenoxy) is 1. The van der Waals surface area contributed by atoms with Crippen LogP contribution in [0.2, 0.25) is 0 Å². The van der Waals surface area contributed by atoms with Crippen LogP contribution in [0, 0.1) is 5.82 Å². The van der Waals surface area contributed by atoms with Gasteiger partial charge in [-0.05, 0) is 44.8 Å². The number of fused-ring (bicyclic) bond motifs is 1. The first-order valence-electron chi connectivity index (χ1n) is 14.1. The van der Waals surface area contributed by atoms with E-state index >= 15 is 4.39 Å². The van der Waals surface area contributed by atoms with Crippen LogP contribution >= 0.6 is 0 Å². The molecule has 37 heavy (non-hydrogen) atoms. The van der Waals surface area contributed by atoms with E-state index in [1.807, 2.05) is 0 Å². The molecule has 0 spiro atoms. The highest BCUT2D eigenvalue weighted by molar-refractivity contribution is 5.97. The maximum absolute atomic E-state index is 15.1. The predicted molar refractivity (Wildman–Crippen MR) is 148 cm³/mol. The fourth-order valence-corrected chi connectivity index (χ4v) is 4.90. The van der Waals surface area contributed by atoms with Crippen LogP contribution in [0.1, 0.15) is 107 Å². The van der Waals surface area contributed by atoms with Gasteiger partial charge in [0, 0.05) is 18.8 Å². The first-order chi connectivity index (χ1) is 18.0. The van der Waals surface area contributed by atoms with Crippen molar-refractivity contribution >= 4 is 22.6 Å². The molecule has 0 amide bonds. The van der Waals surface area contributed by atoms with E-state index in [-0.39, 0.29) is 28.4 Å². The van der Waals surface area contributed by atoms with Gasteiger partial charge in [0.2, 0.25) is 5.43 Å². The number of hydrogen-bond acceptors (Lipinski definition) is 5. The Kier molecular flexibility index (Phi) is 11.7. The van der Waals surface area contributed by atoms with Gasteiger partial charge in [-0.15, -0.1) is 0 Å². The van der Waals surface area contributed by atoms with Gasteiger partial charge in [0.1, 0.15) is 11.3 Å². The SMILES string of the molecule is CCCCCCCCCCCCNCCCNc1c(F)cc2c(=O)c(C(=O)O)cn(C3CC3)c2c1OC. The van der Waals surface area contributed by atoms with E-state index in [2.05, 4.69) is 17.6 Å². The summed E-state index contributed by atoms with van der Waals surface area (Å²) in [4.78, 5) is 24.3. The Morgan fingerprint density at radius 1 is 1.03 bits per heavy atom. The van der Waals surface area contributed by atoms with Crippen LogP contribution in [0.25, 0.3) is 10.9 Å². The second kappa shape index (κ2) is 15.0. The van der Waals surface area contributed by atoms with Gasteiger partial charge in [-0.1, -0.05) is 64.7 Å². The molecule has 7 nitrogen and oxygen atoms in total. The molecule has 3 N–H and O–H groups in total. The number of rotatable bonds is 19. The lowest BCUT2D eigenvalue weighted by atomic mass is 10.1. The lowest BCUT2D eigenvalue weighted by Crippen LogP contribution is -2.21. The molecule has 0 unspecified atom stereocenters. The van der Waals surface area contributed by atoms with Gasteiger partial charge < -0.3 is 25.0 Å². The number of carbonyl (C=O) groups is 1. The second-order valence-corrected chi connectivity index (χ2v) is 10.2. The number of anilines is 1. The number of unbranched alkanes of at least 4 members (excludes halogenated alkanes) is 9. The van der Waals surface area contributed by atoms with Crippen molar-refractivity contribution in [2.75, 3.05) is 32.1 Å². The Labute approximate surface area is 219 Å². The number of hydrogen-bond donors (Lipinski definition) is 3. The van der Waals surface area contributed by atoms with Crippen LogP contribution in [-0.2, 0) is 0 Å². The first kappa shape index (κ1) is 29.0. The summed E-state index contributed by atoms with van der Waals surface area (Å²) < 4.78 is 22.4. The Morgan fingerprint density at radius 3 is 2.24 bits per heavy atom. The molecule has 2 aromatic rings. The molecule has 1 aromatic carbocycles. The van der Waals surface area contributed by atoms with Crippen molar-refractivity contribution in [3.63, 3.8) is 0 Å². The number of benzene rings is 1. The van der Waals surface area contributed by atoms with Crippen LogP contribution in [0.5, 0.6) is 5.75 Å². The summed E-state index contributed by atoms with van der Waals surface area (Å²) in [5.74, 6) is -1.69. The van der Waals surface area contributed by atoms with E-state index in [1.165, 1.54) is 77.5 Å². The number of halogens is 1. The lowest BCUT2D eigenvalue weighted by molar-refractivity contribution is 0.0694. The average Bonchev–Trinajstić information content (AvgIpc) is 3.72. The van der Waals surface area contributed by atoms with Crippen LogP contribution < -0.4 is 20.8 Å². The quantitative estimate of drug-likeness (QED) is 0.184. The molecular formula is C29H44FN3O4. The average molecular weight is 518 g/mol. The molecule has 0 aliphatic heterocycles. The maximum atomic E-state index is 15.1. The minimum Gasteiger partial charge on any atom is -0.492 e. The minimum absolute atomic E-state index is 0.0323. The zero-order chi connectivity index (χ0) is 26.6. The van der Waals surface area contributed by atoms with Crippen molar-refractivity contribution in [3.05, 3.63) is 33.9 Å². The summed E-state index contributed by atoms with van der Waals surface area (Å²) in [6.07, 6.45) is 17.2. The third kappa shape index (κ3) is 8.19. The molecule has 1 heterocycles. The van der Waals surface area contributed by atoms with Crippen molar-refractivity contribution in [2.24, 2.45) is 0 Å². The van der Waals surface area contributed by atoms with Crippen LogP contribution in [0.3, 0.4) is 0 Å². The minimum atomic E-state index is -1.31. The number of aromatic nitrogens is 1.